The zero-order valence-corrected chi connectivity index (χ0v) is 10.1. The number of hydrogen-bond donors (Lipinski definition) is 2. The molecular formula is C11H20N2O4. The third kappa shape index (κ3) is 4.32. The fraction of sp³-hybridized carbons (Fsp3) is 0.818. The van der Waals surface area contributed by atoms with Gasteiger partial charge in [-0.2, -0.15) is 0 Å². The Morgan fingerprint density at radius 1 is 1.47 bits per heavy atom. The minimum atomic E-state index is -0.958. The molecular weight excluding hydrogens is 224 g/mol. The van der Waals surface area contributed by atoms with Crippen molar-refractivity contribution in [2.75, 3.05) is 32.8 Å². The van der Waals surface area contributed by atoms with Crippen LogP contribution in [0.25, 0.3) is 0 Å². The number of carbonyl (C=O) groups is 2. The van der Waals surface area contributed by atoms with Gasteiger partial charge in [0.25, 0.3) is 0 Å². The van der Waals surface area contributed by atoms with Crippen LogP contribution in [0.4, 0.5) is 0 Å². The molecule has 98 valence electrons. The van der Waals surface area contributed by atoms with Gasteiger partial charge < -0.3 is 20.1 Å². The molecule has 6 nitrogen and oxygen atoms in total. The Balaban J connectivity index is 2.39. The molecule has 0 aromatic rings. The molecule has 0 bridgehead atoms. The summed E-state index contributed by atoms with van der Waals surface area (Å²) >= 11 is 0. The SMILES string of the molecule is CCCOCCC(=O)N1CCNCC1C(=O)O. The maximum absolute atomic E-state index is 11.8. The number of hydrogen-bond acceptors (Lipinski definition) is 4. The molecule has 1 rings (SSSR count). The van der Waals surface area contributed by atoms with Crippen molar-refractivity contribution in [1.29, 1.82) is 0 Å². The van der Waals surface area contributed by atoms with Gasteiger partial charge in [-0.25, -0.2) is 4.79 Å². The molecule has 1 atom stereocenters. The zero-order valence-electron chi connectivity index (χ0n) is 10.1. The lowest BCUT2D eigenvalue weighted by Crippen LogP contribution is -2.57. The number of carbonyl (C=O) groups excluding carboxylic acids is 1. The van der Waals surface area contributed by atoms with E-state index in [9.17, 15) is 9.59 Å². The standard InChI is InChI=1S/C11H20N2O4/c1-2-6-17-7-3-10(14)13-5-4-12-8-9(13)11(15)16/h9,12H,2-8H2,1H3,(H,15,16). The predicted molar refractivity (Wildman–Crippen MR) is 61.7 cm³/mol. The van der Waals surface area contributed by atoms with Gasteiger partial charge in [0.15, 0.2) is 0 Å². The summed E-state index contributed by atoms with van der Waals surface area (Å²) in [6.07, 6.45) is 1.17. The first kappa shape index (κ1) is 13.9. The van der Waals surface area contributed by atoms with E-state index in [4.69, 9.17) is 9.84 Å². The molecule has 1 unspecified atom stereocenters. The fourth-order valence-electron chi connectivity index (χ4n) is 1.77. The molecule has 1 saturated heterocycles. The van der Waals surface area contributed by atoms with Gasteiger partial charge in [-0.3, -0.25) is 4.79 Å². The molecule has 1 amide bonds. The van der Waals surface area contributed by atoms with Crippen LogP contribution < -0.4 is 5.32 Å². The first-order valence-electron chi connectivity index (χ1n) is 5.97. The lowest BCUT2D eigenvalue weighted by Gasteiger charge is -2.33. The summed E-state index contributed by atoms with van der Waals surface area (Å²) in [5, 5.41) is 12.0. The Bertz CT molecular complexity index is 270. The van der Waals surface area contributed by atoms with E-state index in [0.717, 1.165) is 6.42 Å². The van der Waals surface area contributed by atoms with Crippen LogP contribution in [0.1, 0.15) is 19.8 Å². The second kappa shape index (κ2) is 7.24. The van der Waals surface area contributed by atoms with E-state index in [1.165, 1.54) is 4.90 Å². The second-order valence-corrected chi connectivity index (χ2v) is 4.01. The summed E-state index contributed by atoms with van der Waals surface area (Å²) in [5.41, 5.74) is 0. The van der Waals surface area contributed by atoms with E-state index >= 15 is 0 Å². The fourth-order valence-corrected chi connectivity index (χ4v) is 1.77. The highest BCUT2D eigenvalue weighted by atomic mass is 16.5. The van der Waals surface area contributed by atoms with Gasteiger partial charge in [-0.1, -0.05) is 6.92 Å². The van der Waals surface area contributed by atoms with Crippen molar-refractivity contribution in [3.05, 3.63) is 0 Å². The Morgan fingerprint density at radius 3 is 2.88 bits per heavy atom. The first-order valence-corrected chi connectivity index (χ1v) is 5.97. The Kier molecular flexibility index (Phi) is 5.93. The molecule has 0 radical (unpaired) electrons. The topological polar surface area (TPSA) is 78.9 Å². The maximum Gasteiger partial charge on any atom is 0.327 e. The normalized spacial score (nSPS) is 20.3. The molecule has 0 aromatic carbocycles. The van der Waals surface area contributed by atoms with Gasteiger partial charge in [0, 0.05) is 26.2 Å². The number of rotatable bonds is 6. The van der Waals surface area contributed by atoms with E-state index in [0.29, 0.717) is 32.8 Å². The minimum absolute atomic E-state index is 0.144. The van der Waals surface area contributed by atoms with Crippen LogP contribution in [0.3, 0.4) is 0 Å². The van der Waals surface area contributed by atoms with Crippen molar-refractivity contribution in [3.8, 4) is 0 Å². The molecule has 0 aromatic heterocycles. The third-order valence-corrected chi connectivity index (χ3v) is 2.66. The van der Waals surface area contributed by atoms with E-state index in [-0.39, 0.29) is 12.3 Å². The van der Waals surface area contributed by atoms with E-state index in [1.807, 2.05) is 6.92 Å². The van der Waals surface area contributed by atoms with Crippen LogP contribution >= 0.6 is 0 Å². The predicted octanol–water partition coefficient (Wildman–Crippen LogP) is -0.312. The second-order valence-electron chi connectivity index (χ2n) is 4.01. The van der Waals surface area contributed by atoms with Gasteiger partial charge in [0.05, 0.1) is 13.0 Å². The van der Waals surface area contributed by atoms with Crippen molar-refractivity contribution < 1.29 is 19.4 Å². The monoisotopic (exact) mass is 244 g/mol. The lowest BCUT2D eigenvalue weighted by atomic mass is 10.2. The number of nitrogens with zero attached hydrogens (tertiary/aromatic N) is 1. The number of piperazine rings is 1. The van der Waals surface area contributed by atoms with Crippen molar-refractivity contribution in [1.82, 2.24) is 10.2 Å². The van der Waals surface area contributed by atoms with Crippen molar-refractivity contribution in [2.45, 2.75) is 25.8 Å². The molecule has 0 saturated carbocycles. The van der Waals surface area contributed by atoms with Crippen LogP contribution in [0.2, 0.25) is 0 Å². The van der Waals surface area contributed by atoms with E-state index in [2.05, 4.69) is 5.32 Å². The molecule has 1 aliphatic heterocycles. The molecule has 6 heteroatoms. The van der Waals surface area contributed by atoms with Crippen LogP contribution in [-0.4, -0.2) is 60.8 Å². The zero-order chi connectivity index (χ0) is 12.7. The number of aliphatic carboxylic acids is 1. The van der Waals surface area contributed by atoms with Gasteiger partial charge in [-0.05, 0) is 6.42 Å². The van der Waals surface area contributed by atoms with Crippen LogP contribution in [0.15, 0.2) is 0 Å². The van der Waals surface area contributed by atoms with Crippen molar-refractivity contribution in [2.24, 2.45) is 0 Å². The number of carboxylic acid groups (broad SMARTS) is 1. The van der Waals surface area contributed by atoms with Gasteiger partial charge in [0.1, 0.15) is 6.04 Å². The third-order valence-electron chi connectivity index (χ3n) is 2.66. The molecule has 1 heterocycles. The average Bonchev–Trinajstić information content (AvgIpc) is 2.34. The number of carboxylic acids is 1. The van der Waals surface area contributed by atoms with Crippen LogP contribution in [0, 0.1) is 0 Å². The summed E-state index contributed by atoms with van der Waals surface area (Å²) in [6.45, 7) is 4.41. The quantitative estimate of drug-likeness (QED) is 0.626. The van der Waals surface area contributed by atoms with Gasteiger partial charge in [-0.15, -0.1) is 0 Å². The Labute approximate surface area is 101 Å². The molecule has 1 fully saturated rings. The summed E-state index contributed by atoms with van der Waals surface area (Å²) in [7, 11) is 0. The van der Waals surface area contributed by atoms with E-state index < -0.39 is 12.0 Å². The number of amides is 1. The lowest BCUT2D eigenvalue weighted by molar-refractivity contribution is -0.151. The van der Waals surface area contributed by atoms with Gasteiger partial charge >= 0.3 is 5.97 Å². The summed E-state index contributed by atoms with van der Waals surface area (Å²) in [4.78, 5) is 24.2. The highest BCUT2D eigenvalue weighted by Gasteiger charge is 2.31. The van der Waals surface area contributed by atoms with Crippen LogP contribution in [0.5, 0.6) is 0 Å². The maximum atomic E-state index is 11.8. The molecule has 0 spiro atoms. The molecule has 2 N–H and O–H groups in total. The highest BCUT2D eigenvalue weighted by molar-refractivity contribution is 5.84. The largest absolute Gasteiger partial charge is 0.480 e. The Morgan fingerprint density at radius 2 is 2.24 bits per heavy atom. The number of nitrogens with one attached hydrogen (secondary N) is 1. The molecule has 0 aliphatic carbocycles. The summed E-state index contributed by atoms with van der Waals surface area (Å²) in [5.74, 6) is -1.10. The summed E-state index contributed by atoms with van der Waals surface area (Å²) in [6, 6.07) is -0.748. The Hall–Kier alpha value is -1.14. The highest BCUT2D eigenvalue weighted by Crippen LogP contribution is 2.06. The van der Waals surface area contributed by atoms with Gasteiger partial charge in [0.2, 0.25) is 5.91 Å². The number of ether oxygens (including phenoxy) is 1. The summed E-state index contributed by atoms with van der Waals surface area (Å²) < 4.78 is 5.23. The van der Waals surface area contributed by atoms with E-state index in [1.54, 1.807) is 0 Å². The first-order chi connectivity index (χ1) is 8.16. The minimum Gasteiger partial charge on any atom is -0.480 e. The smallest absolute Gasteiger partial charge is 0.327 e. The molecule has 1 aliphatic rings. The molecule has 17 heavy (non-hydrogen) atoms. The van der Waals surface area contributed by atoms with Crippen LogP contribution in [-0.2, 0) is 14.3 Å². The van der Waals surface area contributed by atoms with Crippen molar-refractivity contribution in [3.63, 3.8) is 0 Å². The van der Waals surface area contributed by atoms with Crippen molar-refractivity contribution >= 4 is 11.9 Å². The average molecular weight is 244 g/mol.